The fourth-order valence-electron chi connectivity index (χ4n) is 6.38. The molecule has 1 aliphatic carbocycles. The topological polar surface area (TPSA) is 95.6 Å². The summed E-state index contributed by atoms with van der Waals surface area (Å²) in [6, 6.07) is 16.3. The summed E-state index contributed by atoms with van der Waals surface area (Å²) in [7, 11) is 0. The number of hydrogen-bond acceptors (Lipinski definition) is 5. The molecule has 0 spiro atoms. The van der Waals surface area contributed by atoms with E-state index < -0.39 is 17.5 Å². The van der Waals surface area contributed by atoms with Crippen molar-refractivity contribution >= 4 is 29.0 Å². The van der Waals surface area contributed by atoms with Gasteiger partial charge >= 0.3 is 0 Å². The number of Topliss-reactive ketones (excluding diaryl/α,β-unsaturated/α-hetero) is 2. The molecule has 0 radical (unpaired) electrons. The third-order valence-corrected chi connectivity index (χ3v) is 8.77. The van der Waals surface area contributed by atoms with Crippen LogP contribution in [0.25, 0.3) is 5.57 Å². The Kier molecular flexibility index (Phi) is 8.83. The Morgan fingerprint density at radius 1 is 1.00 bits per heavy atom. The number of carbonyl (C=O) groups is 4. The Morgan fingerprint density at radius 2 is 1.76 bits per heavy atom. The maximum Gasteiger partial charge on any atom is 0.240 e. The largest absolute Gasteiger partial charge is 0.345 e. The quantitative estimate of drug-likeness (QED) is 0.436. The number of ketones is 2. The summed E-state index contributed by atoms with van der Waals surface area (Å²) >= 11 is 0. The van der Waals surface area contributed by atoms with Crippen molar-refractivity contribution in [1.29, 1.82) is 0 Å². The van der Waals surface area contributed by atoms with Crippen LogP contribution in [0.2, 0.25) is 0 Å². The summed E-state index contributed by atoms with van der Waals surface area (Å²) < 4.78 is 0. The lowest BCUT2D eigenvalue weighted by Gasteiger charge is -2.31. The Labute approximate surface area is 242 Å². The molecule has 2 unspecified atom stereocenters. The average Bonchev–Trinajstić information content (AvgIpc) is 3.74. The summed E-state index contributed by atoms with van der Waals surface area (Å²) in [6.07, 6.45) is 6.74. The molecule has 0 saturated carbocycles. The summed E-state index contributed by atoms with van der Waals surface area (Å²) in [5.41, 5.74) is 3.26. The molecule has 2 aromatic carbocycles. The van der Waals surface area contributed by atoms with Gasteiger partial charge in [0.15, 0.2) is 11.6 Å². The predicted molar refractivity (Wildman–Crippen MR) is 159 cm³/mol. The number of nitrogens with one attached hydrogen (secondary N) is 2. The predicted octanol–water partition coefficient (Wildman–Crippen LogP) is 4.04. The van der Waals surface area contributed by atoms with Gasteiger partial charge in [0, 0.05) is 25.8 Å². The number of allylic oxidation sites excluding steroid dienone is 1. The summed E-state index contributed by atoms with van der Waals surface area (Å²) in [5.74, 6) is -0.475. The van der Waals surface area contributed by atoms with Crippen molar-refractivity contribution in [3.8, 4) is 0 Å². The van der Waals surface area contributed by atoms with Crippen LogP contribution in [0.4, 0.5) is 0 Å². The van der Waals surface area contributed by atoms with E-state index in [2.05, 4.69) is 28.8 Å². The molecule has 2 aromatic rings. The van der Waals surface area contributed by atoms with Gasteiger partial charge in [0.05, 0.1) is 23.5 Å². The van der Waals surface area contributed by atoms with E-state index >= 15 is 0 Å². The number of benzene rings is 2. The number of fused-ring (bicyclic) bond motifs is 1. The molecule has 2 heterocycles. The van der Waals surface area contributed by atoms with Gasteiger partial charge in [-0.1, -0.05) is 74.5 Å². The maximum atomic E-state index is 13.7. The number of carbonyl (C=O) groups excluding carboxylic acids is 4. The highest BCUT2D eigenvalue weighted by Crippen LogP contribution is 2.32. The van der Waals surface area contributed by atoms with Crippen LogP contribution in [0.1, 0.15) is 69.1 Å². The van der Waals surface area contributed by atoms with Gasteiger partial charge in [-0.2, -0.15) is 0 Å². The first kappa shape index (κ1) is 28.9. The number of nitrogens with zero attached hydrogens (tertiary/aromatic N) is 1. The smallest absolute Gasteiger partial charge is 0.240 e. The van der Waals surface area contributed by atoms with E-state index in [1.807, 2.05) is 42.5 Å². The molecule has 2 fully saturated rings. The zero-order chi connectivity index (χ0) is 29.0. The molecule has 3 aliphatic rings. The van der Waals surface area contributed by atoms with Crippen molar-refractivity contribution in [2.75, 3.05) is 13.1 Å². The summed E-state index contributed by atoms with van der Waals surface area (Å²) in [5, 5.41) is 6.28. The third-order valence-electron chi connectivity index (χ3n) is 8.77. The molecule has 2 amide bonds. The molecule has 3 atom stereocenters. The van der Waals surface area contributed by atoms with Crippen LogP contribution in [0.5, 0.6) is 0 Å². The second-order valence-electron chi connectivity index (χ2n) is 12.3. The Balaban J connectivity index is 1.28. The summed E-state index contributed by atoms with van der Waals surface area (Å²) in [4.78, 5) is 55.6. The highest BCUT2D eigenvalue weighted by atomic mass is 16.2. The van der Waals surface area contributed by atoms with E-state index in [1.54, 1.807) is 18.7 Å². The molecule has 41 heavy (non-hydrogen) atoms. The first-order valence-corrected chi connectivity index (χ1v) is 14.9. The van der Waals surface area contributed by atoms with Gasteiger partial charge in [0.1, 0.15) is 0 Å². The van der Waals surface area contributed by atoms with Crippen molar-refractivity contribution in [3.05, 3.63) is 77.4 Å². The van der Waals surface area contributed by atoms with Crippen molar-refractivity contribution in [2.24, 2.45) is 5.41 Å². The van der Waals surface area contributed by atoms with Gasteiger partial charge in [-0.15, -0.1) is 0 Å². The maximum absolute atomic E-state index is 13.7. The molecule has 5 rings (SSSR count). The normalized spacial score (nSPS) is 20.8. The zero-order valence-electron chi connectivity index (χ0n) is 24.2. The number of hydrogen-bond donors (Lipinski definition) is 2. The fourth-order valence-corrected chi connectivity index (χ4v) is 6.38. The van der Waals surface area contributed by atoms with Gasteiger partial charge < -0.3 is 15.5 Å². The van der Waals surface area contributed by atoms with Crippen LogP contribution in [0.3, 0.4) is 0 Å². The fraction of sp³-hybridized carbons (Fsp3) is 0.471. The molecule has 7 nitrogen and oxygen atoms in total. The van der Waals surface area contributed by atoms with E-state index in [0.29, 0.717) is 19.4 Å². The number of amides is 2. The SMILES string of the molecule is CC(C)(CC(=O)C1CCCN1C(=O)[C@@H]1CCCN1)C(=O)NC(CC1=CCc2ccccc21)C(=O)Cc1ccccc1. The van der Waals surface area contributed by atoms with E-state index in [4.69, 9.17) is 0 Å². The molecule has 2 saturated heterocycles. The highest BCUT2D eigenvalue weighted by molar-refractivity contribution is 5.97. The molecular weight excluding hydrogens is 514 g/mol. The van der Waals surface area contributed by atoms with E-state index in [1.165, 1.54) is 5.56 Å². The van der Waals surface area contributed by atoms with Crippen LogP contribution in [-0.4, -0.2) is 59.5 Å². The van der Waals surface area contributed by atoms with Gasteiger partial charge in [0.25, 0.3) is 0 Å². The molecule has 0 aromatic heterocycles. The first-order valence-electron chi connectivity index (χ1n) is 14.9. The van der Waals surface area contributed by atoms with Crippen LogP contribution in [0.15, 0.2) is 60.7 Å². The average molecular weight is 556 g/mol. The van der Waals surface area contributed by atoms with Crippen LogP contribution in [0, 0.1) is 5.41 Å². The highest BCUT2D eigenvalue weighted by Gasteiger charge is 2.41. The minimum absolute atomic E-state index is 0.00250. The monoisotopic (exact) mass is 555 g/mol. The van der Waals surface area contributed by atoms with Crippen LogP contribution in [-0.2, 0) is 32.0 Å². The Bertz CT molecular complexity index is 1330. The third kappa shape index (κ3) is 6.67. The van der Waals surface area contributed by atoms with Crippen molar-refractivity contribution in [3.63, 3.8) is 0 Å². The zero-order valence-corrected chi connectivity index (χ0v) is 24.2. The number of rotatable bonds is 11. The Hall–Kier alpha value is -3.58. The van der Waals surface area contributed by atoms with Crippen molar-refractivity contribution in [1.82, 2.24) is 15.5 Å². The van der Waals surface area contributed by atoms with Crippen LogP contribution >= 0.6 is 0 Å². The van der Waals surface area contributed by atoms with E-state index in [9.17, 15) is 19.2 Å². The lowest BCUT2D eigenvalue weighted by atomic mass is 9.83. The Morgan fingerprint density at radius 3 is 2.51 bits per heavy atom. The van der Waals surface area contributed by atoms with E-state index in [-0.39, 0.29) is 42.3 Å². The molecule has 2 aliphatic heterocycles. The van der Waals surface area contributed by atoms with Crippen LogP contribution < -0.4 is 10.6 Å². The molecule has 216 valence electrons. The lowest BCUT2D eigenvalue weighted by molar-refractivity contribution is -0.141. The molecule has 2 N–H and O–H groups in total. The summed E-state index contributed by atoms with van der Waals surface area (Å²) in [6.45, 7) is 4.90. The second kappa shape index (κ2) is 12.5. The minimum Gasteiger partial charge on any atom is -0.345 e. The molecular formula is C34H41N3O4. The second-order valence-corrected chi connectivity index (χ2v) is 12.3. The van der Waals surface area contributed by atoms with Crippen molar-refractivity contribution in [2.45, 2.75) is 83.3 Å². The lowest BCUT2D eigenvalue weighted by Crippen LogP contribution is -2.51. The molecule has 0 bridgehead atoms. The van der Waals surface area contributed by atoms with E-state index in [0.717, 1.165) is 48.9 Å². The first-order chi connectivity index (χ1) is 19.7. The molecule has 7 heteroatoms. The number of likely N-dealkylation sites (tertiary alicyclic amines) is 1. The van der Waals surface area contributed by atoms with Gasteiger partial charge in [-0.25, -0.2) is 0 Å². The van der Waals surface area contributed by atoms with Crippen molar-refractivity contribution < 1.29 is 19.2 Å². The van der Waals surface area contributed by atoms with Gasteiger partial charge in [-0.05, 0) is 60.9 Å². The standard InChI is InChI=1S/C34H41N3O4/c1-34(2,22-31(39)29-15-9-19-37(29)32(40)27-14-8-18-35-27)33(41)36-28(30(38)20-23-10-4-3-5-11-23)21-25-17-16-24-12-6-7-13-26(24)25/h3-7,10-13,17,27-29,35H,8-9,14-16,18-22H2,1-2H3,(H,36,41)/t27-,28?,29?/m0/s1. The van der Waals surface area contributed by atoms with Gasteiger partial charge in [-0.3, -0.25) is 19.2 Å². The minimum atomic E-state index is -1.03. The van der Waals surface area contributed by atoms with Gasteiger partial charge in [0.2, 0.25) is 11.8 Å².